The first-order valence-corrected chi connectivity index (χ1v) is 8.03. The van der Waals surface area contributed by atoms with Gasteiger partial charge in [-0.2, -0.15) is 0 Å². The van der Waals surface area contributed by atoms with E-state index in [2.05, 4.69) is 0 Å². The second-order valence-corrected chi connectivity index (χ2v) is 6.02. The van der Waals surface area contributed by atoms with Crippen molar-refractivity contribution in [3.8, 4) is 17.2 Å². The second-order valence-electron chi connectivity index (χ2n) is 6.02. The molecule has 4 rings (SSSR count). The Kier molecular flexibility index (Phi) is 3.56. The van der Waals surface area contributed by atoms with Crippen molar-refractivity contribution in [2.45, 2.75) is 18.9 Å². The van der Waals surface area contributed by atoms with Gasteiger partial charge in [0.05, 0.1) is 18.1 Å². The van der Waals surface area contributed by atoms with Gasteiger partial charge in [-0.15, -0.1) is 0 Å². The highest BCUT2D eigenvalue weighted by Crippen LogP contribution is 2.53. The first-order chi connectivity index (χ1) is 12.1. The maximum Gasteiger partial charge on any atom is 0.279 e. The fourth-order valence-electron chi connectivity index (χ4n) is 3.59. The van der Waals surface area contributed by atoms with Gasteiger partial charge in [0.25, 0.3) is 5.69 Å². The molecule has 1 fully saturated rings. The van der Waals surface area contributed by atoms with Crippen molar-refractivity contribution in [3.05, 3.63) is 57.6 Å². The van der Waals surface area contributed by atoms with E-state index in [9.17, 15) is 14.9 Å². The first-order valence-electron chi connectivity index (χ1n) is 8.03. The van der Waals surface area contributed by atoms with E-state index in [1.807, 2.05) is 18.2 Å². The summed E-state index contributed by atoms with van der Waals surface area (Å²) in [6.07, 6.45) is 1.19. The molecule has 128 valence electrons. The minimum atomic E-state index is -0.551. The van der Waals surface area contributed by atoms with Crippen LogP contribution in [0.2, 0.25) is 0 Å². The van der Waals surface area contributed by atoms with E-state index in [1.165, 1.54) is 19.2 Å². The van der Waals surface area contributed by atoms with Crippen molar-refractivity contribution >= 4 is 11.6 Å². The third-order valence-corrected chi connectivity index (χ3v) is 4.67. The monoisotopic (exact) mass is 340 g/mol. The number of hydrogen-bond acceptors (Lipinski definition) is 5. The Labute approximate surface area is 143 Å². The van der Waals surface area contributed by atoms with E-state index in [-0.39, 0.29) is 11.6 Å². The van der Waals surface area contributed by atoms with Crippen LogP contribution in [0.3, 0.4) is 0 Å². The van der Waals surface area contributed by atoms with Crippen LogP contribution in [0.4, 0.5) is 5.69 Å². The molecule has 0 aliphatic carbocycles. The van der Waals surface area contributed by atoms with E-state index < -0.39 is 11.0 Å². The highest BCUT2D eigenvalue weighted by atomic mass is 16.6. The van der Waals surface area contributed by atoms with Gasteiger partial charge in [0, 0.05) is 24.6 Å². The average Bonchev–Trinajstić information content (AvgIpc) is 3.04. The predicted octanol–water partition coefficient (Wildman–Crippen LogP) is 3.42. The third-order valence-electron chi connectivity index (χ3n) is 4.67. The molecule has 2 heterocycles. The Bertz CT molecular complexity index is 880. The van der Waals surface area contributed by atoms with Gasteiger partial charge in [-0.1, -0.05) is 18.2 Å². The van der Waals surface area contributed by atoms with Crippen LogP contribution in [0.1, 0.15) is 30.0 Å². The maximum absolute atomic E-state index is 12.4. The number of carbonyl (C=O) groups is 1. The topological polar surface area (TPSA) is 81.9 Å². The first kappa shape index (κ1) is 15.4. The number of hydrogen-bond donors (Lipinski definition) is 0. The lowest BCUT2D eigenvalue weighted by molar-refractivity contribution is -0.386. The largest absolute Gasteiger partial charge is 0.493 e. The van der Waals surface area contributed by atoms with Crippen LogP contribution in [-0.2, 0) is 4.79 Å². The summed E-state index contributed by atoms with van der Waals surface area (Å²) in [5.74, 6) is 1.29. The fraction of sp³-hybridized carbons (Fsp3) is 0.278. The molecule has 7 heteroatoms. The van der Waals surface area contributed by atoms with Crippen molar-refractivity contribution in [2.24, 2.45) is 0 Å². The summed E-state index contributed by atoms with van der Waals surface area (Å²) in [6, 6.07) is 9.69. The molecule has 25 heavy (non-hydrogen) atoms. The number of likely N-dealkylation sites (tertiary alicyclic amines) is 1. The van der Waals surface area contributed by atoms with Crippen LogP contribution >= 0.6 is 0 Å². The number of fused-ring (bicyclic) bond motifs is 2. The second kappa shape index (κ2) is 5.77. The van der Waals surface area contributed by atoms with E-state index in [0.29, 0.717) is 35.8 Å². The summed E-state index contributed by atoms with van der Waals surface area (Å²) in [4.78, 5) is 25.3. The molecule has 0 radical (unpaired) electrons. The van der Waals surface area contributed by atoms with Gasteiger partial charge in [0.2, 0.25) is 5.91 Å². The molecular formula is C18H16N2O5. The number of ether oxygens (including phenoxy) is 2. The van der Waals surface area contributed by atoms with E-state index in [0.717, 1.165) is 12.0 Å². The van der Waals surface area contributed by atoms with Crippen LogP contribution in [0.15, 0.2) is 36.4 Å². The van der Waals surface area contributed by atoms with Gasteiger partial charge in [0.1, 0.15) is 11.3 Å². The summed E-state index contributed by atoms with van der Waals surface area (Å²) in [5, 5.41) is 11.6. The van der Waals surface area contributed by atoms with Gasteiger partial charge in [-0.05, 0) is 18.6 Å². The molecule has 2 aromatic rings. The standard InChI is InChI=1S/C18H16N2O5/c1-24-14-9-8-12(20(22)23)16-17(19-10-4-7-15(19)21)11-5-2-3-6-13(11)25-18(14)16/h2-3,5-6,8-9,17H,4,7,10H2,1H3. The van der Waals surface area contributed by atoms with Gasteiger partial charge in [-0.3, -0.25) is 14.9 Å². The number of carbonyl (C=O) groups excluding carboxylic acids is 1. The molecule has 0 N–H and O–H groups in total. The summed E-state index contributed by atoms with van der Waals surface area (Å²) in [6.45, 7) is 0.561. The zero-order valence-electron chi connectivity index (χ0n) is 13.6. The number of benzene rings is 2. The third kappa shape index (κ3) is 2.31. The molecule has 0 aromatic heterocycles. The Morgan fingerprint density at radius 1 is 1.28 bits per heavy atom. The fourth-order valence-corrected chi connectivity index (χ4v) is 3.59. The lowest BCUT2D eigenvalue weighted by atomic mass is 9.91. The van der Waals surface area contributed by atoms with Crippen LogP contribution in [0.5, 0.6) is 17.2 Å². The summed E-state index contributed by atoms with van der Waals surface area (Å²) in [5.41, 5.74) is 1.05. The molecule has 2 aliphatic heterocycles. The Hall–Kier alpha value is -3.09. The molecular weight excluding hydrogens is 324 g/mol. The zero-order chi connectivity index (χ0) is 17.6. The molecule has 2 aliphatic rings. The normalized spacial score (nSPS) is 18.4. The highest BCUT2D eigenvalue weighted by molar-refractivity contribution is 5.80. The predicted molar refractivity (Wildman–Crippen MR) is 89.0 cm³/mol. The van der Waals surface area contributed by atoms with Crippen LogP contribution in [0.25, 0.3) is 0 Å². The van der Waals surface area contributed by atoms with E-state index in [1.54, 1.807) is 11.0 Å². The smallest absolute Gasteiger partial charge is 0.279 e. The average molecular weight is 340 g/mol. The summed E-state index contributed by atoms with van der Waals surface area (Å²) in [7, 11) is 1.49. The molecule has 1 amide bonds. The Balaban J connectivity index is 2.01. The molecule has 0 saturated carbocycles. The van der Waals surface area contributed by atoms with Crippen molar-refractivity contribution < 1.29 is 19.2 Å². The minimum Gasteiger partial charge on any atom is -0.493 e. The van der Waals surface area contributed by atoms with E-state index >= 15 is 0 Å². The quantitative estimate of drug-likeness (QED) is 0.631. The zero-order valence-corrected chi connectivity index (χ0v) is 13.6. The Morgan fingerprint density at radius 2 is 2.08 bits per heavy atom. The van der Waals surface area contributed by atoms with Crippen molar-refractivity contribution in [2.75, 3.05) is 13.7 Å². The lowest BCUT2D eigenvalue weighted by Crippen LogP contribution is -2.33. The number of methoxy groups -OCH3 is 1. The molecule has 1 unspecified atom stereocenters. The number of nitro benzene ring substituents is 1. The van der Waals surface area contributed by atoms with Gasteiger partial charge in [0.15, 0.2) is 11.5 Å². The molecule has 0 bridgehead atoms. The van der Waals surface area contributed by atoms with Gasteiger partial charge < -0.3 is 14.4 Å². The van der Waals surface area contributed by atoms with E-state index in [4.69, 9.17) is 9.47 Å². The number of nitrogens with zero attached hydrogens (tertiary/aromatic N) is 2. The van der Waals surface area contributed by atoms with Crippen LogP contribution in [0, 0.1) is 10.1 Å². The van der Waals surface area contributed by atoms with Crippen LogP contribution < -0.4 is 9.47 Å². The number of rotatable bonds is 3. The number of para-hydroxylation sites is 1. The molecule has 2 aromatic carbocycles. The minimum absolute atomic E-state index is 0.00947. The Morgan fingerprint density at radius 3 is 2.76 bits per heavy atom. The summed E-state index contributed by atoms with van der Waals surface area (Å²) >= 11 is 0. The van der Waals surface area contributed by atoms with Gasteiger partial charge in [-0.25, -0.2) is 0 Å². The van der Waals surface area contributed by atoms with Crippen molar-refractivity contribution in [1.29, 1.82) is 0 Å². The number of amides is 1. The van der Waals surface area contributed by atoms with Crippen molar-refractivity contribution in [1.82, 2.24) is 4.90 Å². The molecule has 0 spiro atoms. The highest BCUT2D eigenvalue weighted by Gasteiger charge is 2.42. The lowest BCUT2D eigenvalue weighted by Gasteiger charge is -2.34. The van der Waals surface area contributed by atoms with Crippen molar-refractivity contribution in [3.63, 3.8) is 0 Å². The van der Waals surface area contributed by atoms with Gasteiger partial charge >= 0.3 is 0 Å². The summed E-state index contributed by atoms with van der Waals surface area (Å²) < 4.78 is 11.3. The molecule has 7 nitrogen and oxygen atoms in total. The maximum atomic E-state index is 12.4. The number of nitro groups is 1. The SMILES string of the molecule is COc1ccc([N+](=O)[O-])c2c1Oc1ccccc1C2N1CCCC1=O. The molecule has 1 saturated heterocycles. The molecule has 1 atom stereocenters. The van der Waals surface area contributed by atoms with Crippen LogP contribution in [-0.4, -0.2) is 29.4 Å².